The molecule has 1 aromatic carbocycles. The van der Waals surface area contributed by atoms with Crippen molar-refractivity contribution < 1.29 is 24.0 Å². The second-order valence-corrected chi connectivity index (χ2v) is 3.58. The first-order valence-corrected chi connectivity index (χ1v) is 5.05. The van der Waals surface area contributed by atoms with Gasteiger partial charge >= 0.3 is 11.9 Å². The van der Waals surface area contributed by atoms with Gasteiger partial charge in [0.2, 0.25) is 0 Å². The van der Waals surface area contributed by atoms with Crippen LogP contribution >= 0.6 is 0 Å². The highest BCUT2D eigenvalue weighted by molar-refractivity contribution is 6.00. The van der Waals surface area contributed by atoms with Crippen LogP contribution in [-0.2, 0) is 0 Å². The summed E-state index contributed by atoms with van der Waals surface area (Å²) in [6.07, 6.45) is 0.952. The summed E-state index contributed by atoms with van der Waals surface area (Å²) >= 11 is 0. The monoisotopic (exact) mass is 247 g/mol. The Hall–Kier alpha value is -2.63. The van der Waals surface area contributed by atoms with E-state index < -0.39 is 17.7 Å². The van der Waals surface area contributed by atoms with Gasteiger partial charge in [-0.1, -0.05) is 22.9 Å². The van der Waals surface area contributed by atoms with Gasteiger partial charge in [0, 0.05) is 0 Å². The van der Waals surface area contributed by atoms with Crippen molar-refractivity contribution in [2.75, 3.05) is 0 Å². The van der Waals surface area contributed by atoms with Crippen LogP contribution in [0.3, 0.4) is 0 Å². The van der Waals surface area contributed by atoms with Gasteiger partial charge in [-0.2, -0.15) is 0 Å². The first kappa shape index (κ1) is 11.8. The Balaban J connectivity index is 2.19. The fraction of sp³-hybridized carbons (Fsp3) is 0.0833. The molecule has 0 aliphatic heterocycles. The lowest BCUT2D eigenvalue weighted by molar-refractivity contribution is 0.0644. The van der Waals surface area contributed by atoms with Crippen molar-refractivity contribution in [3.05, 3.63) is 47.3 Å². The van der Waals surface area contributed by atoms with Crippen molar-refractivity contribution in [1.29, 1.82) is 0 Å². The van der Waals surface area contributed by atoms with Gasteiger partial charge in [-0.3, -0.25) is 0 Å². The summed E-state index contributed by atoms with van der Waals surface area (Å²) in [6.45, 7) is 1.89. The number of carboxylic acid groups (broad SMARTS) is 1. The number of nitrogens with zero attached hydrogens (tertiary/aromatic N) is 1. The summed E-state index contributed by atoms with van der Waals surface area (Å²) in [5.74, 6) is -2.32. The molecule has 0 radical (unpaired) electrons. The van der Waals surface area contributed by atoms with Crippen LogP contribution in [0.1, 0.15) is 26.5 Å². The molecule has 0 amide bonds. The van der Waals surface area contributed by atoms with Crippen molar-refractivity contribution in [1.82, 2.24) is 5.16 Å². The molecule has 0 atom stereocenters. The molecule has 1 heterocycles. The quantitative estimate of drug-likeness (QED) is 0.658. The van der Waals surface area contributed by atoms with Crippen molar-refractivity contribution in [3.63, 3.8) is 0 Å². The van der Waals surface area contributed by atoms with E-state index in [0.29, 0.717) is 5.75 Å². The van der Waals surface area contributed by atoms with Crippen molar-refractivity contribution >= 4 is 11.9 Å². The number of carbonyl (C=O) groups excluding carboxylic acids is 1. The van der Waals surface area contributed by atoms with Gasteiger partial charge in [0.1, 0.15) is 11.3 Å². The summed E-state index contributed by atoms with van der Waals surface area (Å²) in [5, 5.41) is 12.1. The van der Waals surface area contributed by atoms with Crippen LogP contribution in [0.15, 0.2) is 35.0 Å². The molecule has 0 aliphatic carbocycles. The van der Waals surface area contributed by atoms with Gasteiger partial charge < -0.3 is 14.4 Å². The number of aryl methyl sites for hydroxylation is 1. The molecule has 0 saturated carbocycles. The van der Waals surface area contributed by atoms with E-state index in [4.69, 9.17) is 9.84 Å². The predicted octanol–water partition coefficient (Wildman–Crippen LogP) is 1.90. The minimum atomic E-state index is -1.30. The third kappa shape index (κ3) is 2.37. The number of hydrogen-bond donors (Lipinski definition) is 1. The zero-order valence-electron chi connectivity index (χ0n) is 9.41. The number of carbonyl (C=O) groups is 2. The molecule has 0 bridgehead atoms. The van der Waals surface area contributed by atoms with Crippen LogP contribution in [-0.4, -0.2) is 22.2 Å². The molecule has 1 N–H and O–H groups in total. The van der Waals surface area contributed by atoms with E-state index >= 15 is 0 Å². The number of carboxylic acids is 1. The van der Waals surface area contributed by atoms with E-state index in [-0.39, 0.29) is 5.56 Å². The number of rotatable bonds is 3. The summed E-state index contributed by atoms with van der Waals surface area (Å²) in [4.78, 5) is 22.4. The normalized spacial score (nSPS) is 10.1. The fourth-order valence-corrected chi connectivity index (χ4v) is 1.30. The topological polar surface area (TPSA) is 89.6 Å². The molecule has 18 heavy (non-hydrogen) atoms. The molecular weight excluding hydrogens is 238 g/mol. The standard InChI is InChI=1S/C12H9NO5/c1-7-2-4-8(5-3-7)17-12(16)10-9(11(14)15)6-13-18-10/h2-6H,1H3,(H,14,15). The second kappa shape index (κ2) is 4.70. The average Bonchev–Trinajstić information content (AvgIpc) is 2.81. The lowest BCUT2D eigenvalue weighted by Crippen LogP contribution is -2.12. The van der Waals surface area contributed by atoms with Crippen LogP contribution in [0.5, 0.6) is 5.75 Å². The maximum absolute atomic E-state index is 11.7. The number of aromatic nitrogens is 1. The predicted molar refractivity (Wildman–Crippen MR) is 59.6 cm³/mol. The Labute approximate surface area is 102 Å². The summed E-state index contributed by atoms with van der Waals surface area (Å²) in [7, 11) is 0. The molecule has 92 valence electrons. The second-order valence-electron chi connectivity index (χ2n) is 3.58. The Morgan fingerprint density at radius 3 is 2.56 bits per heavy atom. The van der Waals surface area contributed by atoms with Crippen LogP contribution in [0, 0.1) is 6.92 Å². The van der Waals surface area contributed by atoms with E-state index in [1.54, 1.807) is 24.3 Å². The van der Waals surface area contributed by atoms with Gasteiger partial charge in [0.15, 0.2) is 0 Å². The molecule has 0 fully saturated rings. The van der Waals surface area contributed by atoms with Crippen LogP contribution in [0.4, 0.5) is 0 Å². The molecule has 6 heteroatoms. The molecule has 0 spiro atoms. The SMILES string of the molecule is Cc1ccc(OC(=O)c2oncc2C(=O)O)cc1. The van der Waals surface area contributed by atoms with Gasteiger partial charge in [0.25, 0.3) is 5.76 Å². The largest absolute Gasteiger partial charge is 0.477 e. The van der Waals surface area contributed by atoms with Crippen LogP contribution in [0.25, 0.3) is 0 Å². The van der Waals surface area contributed by atoms with Gasteiger partial charge in [-0.05, 0) is 19.1 Å². The average molecular weight is 247 g/mol. The number of benzene rings is 1. The molecule has 2 aromatic rings. The molecule has 1 aromatic heterocycles. The first-order chi connectivity index (χ1) is 8.58. The fourth-order valence-electron chi connectivity index (χ4n) is 1.30. The minimum Gasteiger partial charge on any atom is -0.477 e. The molecule has 0 saturated heterocycles. The highest BCUT2D eigenvalue weighted by Crippen LogP contribution is 2.15. The van der Waals surface area contributed by atoms with Gasteiger partial charge in [-0.15, -0.1) is 0 Å². The van der Waals surface area contributed by atoms with E-state index in [1.165, 1.54) is 0 Å². The van der Waals surface area contributed by atoms with Crippen LogP contribution in [0.2, 0.25) is 0 Å². The number of esters is 1. The van der Waals surface area contributed by atoms with Crippen molar-refractivity contribution in [2.45, 2.75) is 6.92 Å². The first-order valence-electron chi connectivity index (χ1n) is 5.05. The molecular formula is C12H9NO5. The maximum Gasteiger partial charge on any atom is 0.383 e. The summed E-state index contributed by atoms with van der Waals surface area (Å²) < 4.78 is 9.55. The smallest absolute Gasteiger partial charge is 0.383 e. The molecule has 6 nitrogen and oxygen atoms in total. The third-order valence-electron chi connectivity index (χ3n) is 2.22. The molecule has 0 aliphatic rings. The summed E-state index contributed by atoms with van der Waals surface area (Å²) in [6, 6.07) is 6.73. The molecule has 0 unspecified atom stereocenters. The van der Waals surface area contributed by atoms with E-state index in [9.17, 15) is 9.59 Å². The van der Waals surface area contributed by atoms with Crippen molar-refractivity contribution in [2.24, 2.45) is 0 Å². The Bertz CT molecular complexity index is 585. The molecule has 2 rings (SSSR count). The van der Waals surface area contributed by atoms with Crippen molar-refractivity contribution in [3.8, 4) is 5.75 Å². The number of hydrogen-bond acceptors (Lipinski definition) is 5. The van der Waals surface area contributed by atoms with Gasteiger partial charge in [-0.25, -0.2) is 9.59 Å². The highest BCUT2D eigenvalue weighted by Gasteiger charge is 2.23. The Morgan fingerprint density at radius 2 is 1.94 bits per heavy atom. The third-order valence-corrected chi connectivity index (χ3v) is 2.22. The minimum absolute atomic E-state index is 0.304. The summed E-state index contributed by atoms with van der Waals surface area (Å²) in [5.41, 5.74) is 0.688. The maximum atomic E-state index is 11.7. The van der Waals surface area contributed by atoms with E-state index in [2.05, 4.69) is 9.68 Å². The number of aromatic carboxylic acids is 1. The zero-order valence-corrected chi connectivity index (χ0v) is 9.41. The van der Waals surface area contributed by atoms with E-state index in [1.807, 2.05) is 6.92 Å². The zero-order chi connectivity index (χ0) is 13.1. The lowest BCUT2D eigenvalue weighted by Gasteiger charge is -2.02. The highest BCUT2D eigenvalue weighted by atomic mass is 16.6. The number of ether oxygens (including phenoxy) is 1. The van der Waals surface area contributed by atoms with Gasteiger partial charge in [0.05, 0.1) is 6.20 Å². The Kier molecular flexibility index (Phi) is 3.09. The lowest BCUT2D eigenvalue weighted by atomic mass is 10.2. The van der Waals surface area contributed by atoms with Crippen LogP contribution < -0.4 is 4.74 Å². The Morgan fingerprint density at radius 1 is 1.28 bits per heavy atom. The van der Waals surface area contributed by atoms with E-state index in [0.717, 1.165) is 11.8 Å².